The molecule has 2 aromatic rings. The van der Waals surface area contributed by atoms with E-state index in [-0.39, 0.29) is 12.2 Å². The van der Waals surface area contributed by atoms with Gasteiger partial charge >= 0.3 is 0 Å². The molecule has 1 fully saturated rings. The van der Waals surface area contributed by atoms with Gasteiger partial charge < -0.3 is 9.84 Å². The van der Waals surface area contributed by atoms with E-state index in [0.29, 0.717) is 54.8 Å². The first-order chi connectivity index (χ1) is 13.9. The third kappa shape index (κ3) is 3.98. The zero-order valence-corrected chi connectivity index (χ0v) is 17.9. The van der Waals surface area contributed by atoms with Crippen molar-refractivity contribution in [1.29, 1.82) is 0 Å². The molecule has 0 aromatic heterocycles. The fourth-order valence-electron chi connectivity index (χ4n) is 3.75. The first-order valence-electron chi connectivity index (χ1n) is 9.32. The highest BCUT2D eigenvalue weighted by Gasteiger charge is 2.51. The molecule has 1 amide bonds. The number of hydrogen-bond donors (Lipinski definition) is 1. The van der Waals surface area contributed by atoms with Crippen LogP contribution in [0.4, 0.5) is 5.69 Å². The monoisotopic (exact) mass is 478 g/mol. The lowest BCUT2D eigenvalue weighted by atomic mass is 9.88. The molecular weight excluding hydrogens is 460 g/mol. The molecule has 1 N–H and O–H groups in total. The van der Waals surface area contributed by atoms with Crippen LogP contribution in [0.15, 0.2) is 46.9 Å². The Bertz CT molecular complexity index is 946. The second-order valence-electron chi connectivity index (χ2n) is 7.23. The normalized spacial score (nSPS) is 22.0. The number of nitrogens with zero attached hydrogens (tertiary/aromatic N) is 2. The molecule has 8 heteroatoms. The summed E-state index contributed by atoms with van der Waals surface area (Å²) in [6.07, 6.45) is -0.337. The number of aliphatic hydroxyl groups is 1. The Hall–Kier alpha value is -1.77. The number of morpholine rings is 1. The highest BCUT2D eigenvalue weighted by atomic mass is 79.9. The number of carbonyl (C=O) groups excluding carboxylic acids is 2. The van der Waals surface area contributed by atoms with E-state index in [1.165, 1.54) is 0 Å². The molecule has 2 aromatic carbocycles. The minimum absolute atomic E-state index is 0.323. The van der Waals surface area contributed by atoms with Crippen LogP contribution in [0, 0.1) is 0 Å². The summed E-state index contributed by atoms with van der Waals surface area (Å²) < 4.78 is 6.10. The summed E-state index contributed by atoms with van der Waals surface area (Å²) in [5.41, 5.74) is -0.454. The van der Waals surface area contributed by atoms with Gasteiger partial charge in [0.05, 0.1) is 32.0 Å². The van der Waals surface area contributed by atoms with Crippen molar-refractivity contribution in [1.82, 2.24) is 4.90 Å². The third-order valence-corrected chi connectivity index (χ3v) is 6.07. The molecule has 2 aliphatic heterocycles. The van der Waals surface area contributed by atoms with E-state index < -0.39 is 11.5 Å². The Morgan fingerprint density at radius 1 is 1.17 bits per heavy atom. The quantitative estimate of drug-likeness (QED) is 0.667. The fourth-order valence-corrected chi connectivity index (χ4v) is 4.23. The molecule has 0 aliphatic carbocycles. The number of rotatable bonds is 5. The lowest BCUT2D eigenvalue weighted by Crippen LogP contribution is -2.49. The van der Waals surface area contributed by atoms with Crippen LogP contribution in [0.25, 0.3) is 0 Å². The maximum atomic E-state index is 13.3. The second-order valence-corrected chi connectivity index (χ2v) is 8.59. The van der Waals surface area contributed by atoms with Gasteiger partial charge in [0, 0.05) is 33.7 Å². The number of ether oxygens (including phenoxy) is 1. The molecule has 152 valence electrons. The van der Waals surface area contributed by atoms with E-state index in [4.69, 9.17) is 16.3 Å². The molecule has 29 heavy (non-hydrogen) atoms. The maximum absolute atomic E-state index is 13.3. The Morgan fingerprint density at radius 3 is 2.55 bits per heavy atom. The predicted octanol–water partition coefficient (Wildman–Crippen LogP) is 3.20. The van der Waals surface area contributed by atoms with E-state index in [9.17, 15) is 14.7 Å². The summed E-state index contributed by atoms with van der Waals surface area (Å²) in [5.74, 6) is -0.809. The first kappa shape index (κ1) is 20.5. The Kier molecular flexibility index (Phi) is 5.77. The molecule has 0 bridgehead atoms. The van der Waals surface area contributed by atoms with Crippen LogP contribution in [-0.4, -0.2) is 54.7 Å². The van der Waals surface area contributed by atoms with Gasteiger partial charge in [-0.1, -0.05) is 27.5 Å². The average Bonchev–Trinajstić information content (AvgIpc) is 2.91. The average molecular weight is 480 g/mol. The van der Waals surface area contributed by atoms with Crippen molar-refractivity contribution in [3.8, 4) is 0 Å². The van der Waals surface area contributed by atoms with Gasteiger partial charge in [0.25, 0.3) is 5.91 Å². The van der Waals surface area contributed by atoms with E-state index >= 15 is 0 Å². The molecule has 1 saturated heterocycles. The van der Waals surface area contributed by atoms with Crippen molar-refractivity contribution in [2.45, 2.75) is 12.0 Å². The zero-order valence-electron chi connectivity index (χ0n) is 15.6. The van der Waals surface area contributed by atoms with Crippen molar-refractivity contribution in [2.24, 2.45) is 0 Å². The van der Waals surface area contributed by atoms with Gasteiger partial charge in [0.2, 0.25) is 0 Å². The predicted molar refractivity (Wildman–Crippen MR) is 113 cm³/mol. The Morgan fingerprint density at radius 2 is 1.86 bits per heavy atom. The van der Waals surface area contributed by atoms with Crippen molar-refractivity contribution >= 4 is 44.9 Å². The summed E-state index contributed by atoms with van der Waals surface area (Å²) in [6, 6.07) is 11.8. The molecule has 1 atom stereocenters. The summed E-state index contributed by atoms with van der Waals surface area (Å²) in [6.45, 7) is 2.97. The number of fused-ring (bicyclic) bond motifs is 1. The maximum Gasteiger partial charge on any atom is 0.265 e. The van der Waals surface area contributed by atoms with Crippen molar-refractivity contribution in [3.63, 3.8) is 0 Å². The van der Waals surface area contributed by atoms with Gasteiger partial charge in [0.15, 0.2) is 11.4 Å². The molecule has 1 unspecified atom stereocenters. The number of benzene rings is 2. The molecule has 0 saturated carbocycles. The van der Waals surface area contributed by atoms with Crippen LogP contribution >= 0.6 is 27.5 Å². The fraction of sp³-hybridized carbons (Fsp3) is 0.333. The van der Waals surface area contributed by atoms with Gasteiger partial charge in [-0.3, -0.25) is 19.4 Å². The van der Waals surface area contributed by atoms with Crippen LogP contribution in [-0.2, 0) is 15.1 Å². The number of carbonyl (C=O) groups is 2. The largest absolute Gasteiger partial charge is 0.379 e. The Labute approximate surface area is 182 Å². The molecule has 4 rings (SSSR count). The topological polar surface area (TPSA) is 70.1 Å². The van der Waals surface area contributed by atoms with E-state index in [1.54, 1.807) is 41.3 Å². The molecule has 0 radical (unpaired) electrons. The number of amides is 1. The van der Waals surface area contributed by atoms with E-state index in [2.05, 4.69) is 20.8 Å². The molecule has 2 heterocycles. The van der Waals surface area contributed by atoms with Crippen LogP contribution in [0.1, 0.15) is 22.3 Å². The molecule has 2 aliphatic rings. The molecular formula is C21H20BrClN2O4. The number of Topliss-reactive ketones (excluding diaryl/α,β-unsaturated/α-hetero) is 1. The van der Waals surface area contributed by atoms with Crippen molar-refractivity contribution < 1.29 is 19.4 Å². The SMILES string of the molecule is O=C(CC1(O)C(=O)N(CN2CCOCC2)c2ccc(Br)cc21)c1ccc(Cl)cc1. The summed E-state index contributed by atoms with van der Waals surface area (Å²) >= 11 is 9.30. The third-order valence-electron chi connectivity index (χ3n) is 5.32. The molecule has 6 nitrogen and oxygen atoms in total. The van der Waals surface area contributed by atoms with Gasteiger partial charge in [-0.25, -0.2) is 0 Å². The Balaban J connectivity index is 1.65. The highest BCUT2D eigenvalue weighted by molar-refractivity contribution is 9.10. The molecule has 0 spiro atoms. The van der Waals surface area contributed by atoms with E-state index in [1.807, 2.05) is 6.07 Å². The highest BCUT2D eigenvalue weighted by Crippen LogP contribution is 2.44. The standard InChI is InChI=1S/C21H20BrClN2O4/c22-15-3-6-18-17(11-15)21(28,12-19(26)14-1-4-16(23)5-2-14)20(27)25(18)13-24-7-9-29-10-8-24/h1-6,11,28H,7-10,12-13H2. The minimum atomic E-state index is -1.91. The smallest absolute Gasteiger partial charge is 0.265 e. The number of ketones is 1. The van der Waals surface area contributed by atoms with Gasteiger partial charge in [-0.15, -0.1) is 0 Å². The number of hydrogen-bond acceptors (Lipinski definition) is 5. The number of anilines is 1. The van der Waals surface area contributed by atoms with Crippen LogP contribution in [0.5, 0.6) is 0 Å². The van der Waals surface area contributed by atoms with Crippen molar-refractivity contribution in [2.75, 3.05) is 37.9 Å². The second kappa shape index (κ2) is 8.16. The summed E-state index contributed by atoms with van der Waals surface area (Å²) in [7, 11) is 0. The van der Waals surface area contributed by atoms with Gasteiger partial charge in [-0.05, 0) is 42.5 Å². The summed E-state index contributed by atoms with van der Waals surface area (Å²) in [4.78, 5) is 29.8. The lowest BCUT2D eigenvalue weighted by Gasteiger charge is -2.31. The first-order valence-corrected chi connectivity index (χ1v) is 10.5. The van der Waals surface area contributed by atoms with Crippen LogP contribution in [0.3, 0.4) is 0 Å². The van der Waals surface area contributed by atoms with Gasteiger partial charge in [0.1, 0.15) is 0 Å². The van der Waals surface area contributed by atoms with E-state index in [0.717, 1.165) is 4.47 Å². The zero-order chi connectivity index (χ0) is 20.6. The lowest BCUT2D eigenvalue weighted by molar-refractivity contribution is -0.136. The van der Waals surface area contributed by atoms with Gasteiger partial charge in [-0.2, -0.15) is 0 Å². The number of halogens is 2. The van der Waals surface area contributed by atoms with Crippen LogP contribution < -0.4 is 4.90 Å². The van der Waals surface area contributed by atoms with Crippen molar-refractivity contribution in [3.05, 3.63) is 63.1 Å². The summed E-state index contributed by atoms with van der Waals surface area (Å²) in [5, 5.41) is 11.9. The minimum Gasteiger partial charge on any atom is -0.379 e. The van der Waals surface area contributed by atoms with Crippen LogP contribution in [0.2, 0.25) is 5.02 Å².